The molecular weight excluding hydrogens is 380 g/mol. The van der Waals surface area contributed by atoms with Gasteiger partial charge in [-0.15, -0.1) is 11.8 Å². The largest absolute Gasteiger partial charge is 0.496 e. The van der Waals surface area contributed by atoms with Crippen LogP contribution in [0.1, 0.15) is 21.5 Å². The summed E-state index contributed by atoms with van der Waals surface area (Å²) in [5, 5.41) is 4.71. The Balaban J connectivity index is 1.89. The molecular formula is C20H22N2O5S. The van der Waals surface area contributed by atoms with Gasteiger partial charge in [0.2, 0.25) is 0 Å². The Morgan fingerprint density at radius 2 is 1.82 bits per heavy atom. The van der Waals surface area contributed by atoms with Crippen LogP contribution in [0.3, 0.4) is 0 Å². The molecule has 0 spiro atoms. The highest BCUT2D eigenvalue weighted by Gasteiger charge is 2.17. The Hall–Kier alpha value is -3.00. The molecule has 148 valence electrons. The predicted octanol–water partition coefficient (Wildman–Crippen LogP) is 3.54. The van der Waals surface area contributed by atoms with Gasteiger partial charge < -0.3 is 14.8 Å². The van der Waals surface area contributed by atoms with Crippen molar-refractivity contribution in [1.29, 1.82) is 0 Å². The van der Waals surface area contributed by atoms with Gasteiger partial charge in [0.25, 0.3) is 5.91 Å². The van der Waals surface area contributed by atoms with Crippen molar-refractivity contribution >= 4 is 35.4 Å². The first-order valence-corrected chi connectivity index (χ1v) is 9.63. The molecule has 0 radical (unpaired) electrons. The first kappa shape index (κ1) is 21.3. The maximum absolute atomic E-state index is 12.2. The summed E-state index contributed by atoms with van der Waals surface area (Å²) in [5.41, 5.74) is 2.72. The van der Waals surface area contributed by atoms with Crippen LogP contribution in [0, 0.1) is 13.8 Å². The van der Waals surface area contributed by atoms with Gasteiger partial charge in [0.05, 0.1) is 7.11 Å². The Labute approximate surface area is 167 Å². The van der Waals surface area contributed by atoms with E-state index in [2.05, 4.69) is 10.6 Å². The van der Waals surface area contributed by atoms with E-state index in [-0.39, 0.29) is 5.56 Å². The van der Waals surface area contributed by atoms with Crippen molar-refractivity contribution in [3.8, 4) is 5.75 Å². The monoisotopic (exact) mass is 402 g/mol. The van der Waals surface area contributed by atoms with Crippen LogP contribution in [0.15, 0.2) is 41.3 Å². The summed E-state index contributed by atoms with van der Waals surface area (Å²) in [6.07, 6.45) is 1.90. The Bertz CT molecular complexity index is 898. The minimum absolute atomic E-state index is 0.202. The predicted molar refractivity (Wildman–Crippen MR) is 108 cm³/mol. The van der Waals surface area contributed by atoms with Crippen LogP contribution < -0.4 is 15.4 Å². The van der Waals surface area contributed by atoms with Gasteiger partial charge in [-0.3, -0.25) is 10.1 Å². The van der Waals surface area contributed by atoms with E-state index < -0.39 is 24.5 Å². The molecule has 0 aliphatic heterocycles. The van der Waals surface area contributed by atoms with Crippen LogP contribution in [0.4, 0.5) is 10.5 Å². The second kappa shape index (κ2) is 9.80. The van der Waals surface area contributed by atoms with Crippen molar-refractivity contribution in [3.63, 3.8) is 0 Å². The van der Waals surface area contributed by atoms with Gasteiger partial charge in [0.15, 0.2) is 6.61 Å². The molecule has 7 nitrogen and oxygen atoms in total. The lowest BCUT2D eigenvalue weighted by Crippen LogP contribution is -2.37. The number of carbonyl (C=O) groups is 3. The van der Waals surface area contributed by atoms with Crippen LogP contribution >= 0.6 is 11.8 Å². The van der Waals surface area contributed by atoms with Crippen molar-refractivity contribution in [2.45, 2.75) is 18.7 Å². The summed E-state index contributed by atoms with van der Waals surface area (Å²) in [6, 6.07) is 9.84. The van der Waals surface area contributed by atoms with Crippen LogP contribution in [-0.2, 0) is 9.53 Å². The number of imide groups is 1. The van der Waals surface area contributed by atoms with Crippen LogP contribution in [-0.4, -0.2) is 37.9 Å². The lowest BCUT2D eigenvalue weighted by molar-refractivity contribution is -0.123. The third-order valence-electron chi connectivity index (χ3n) is 3.85. The van der Waals surface area contributed by atoms with E-state index >= 15 is 0 Å². The second-order valence-electron chi connectivity index (χ2n) is 5.96. The van der Waals surface area contributed by atoms with Crippen molar-refractivity contribution in [2.75, 3.05) is 25.3 Å². The highest BCUT2D eigenvalue weighted by Crippen LogP contribution is 2.25. The van der Waals surface area contributed by atoms with Gasteiger partial charge in [-0.2, -0.15) is 0 Å². The molecule has 0 aliphatic rings. The number of nitrogens with one attached hydrogen (secondary N) is 2. The molecule has 3 amide bonds. The summed E-state index contributed by atoms with van der Waals surface area (Å²) in [4.78, 5) is 36.9. The number of methoxy groups -OCH3 is 1. The molecule has 0 aromatic heterocycles. The van der Waals surface area contributed by atoms with Gasteiger partial charge in [-0.25, -0.2) is 9.59 Å². The van der Waals surface area contributed by atoms with Crippen molar-refractivity contribution < 1.29 is 23.9 Å². The van der Waals surface area contributed by atoms with E-state index in [1.54, 1.807) is 24.3 Å². The van der Waals surface area contributed by atoms with Gasteiger partial charge in [-0.05, 0) is 49.9 Å². The molecule has 0 aliphatic carbocycles. The fourth-order valence-electron chi connectivity index (χ4n) is 2.45. The van der Waals surface area contributed by atoms with Crippen LogP contribution in [0.5, 0.6) is 5.75 Å². The number of benzene rings is 2. The number of amides is 3. The number of esters is 1. The lowest BCUT2D eigenvalue weighted by Gasteiger charge is -2.11. The van der Waals surface area contributed by atoms with Gasteiger partial charge in [-0.1, -0.05) is 17.7 Å². The smallest absolute Gasteiger partial charge is 0.342 e. The number of carbonyl (C=O) groups excluding carboxylic acids is 3. The van der Waals surface area contributed by atoms with Crippen LogP contribution in [0.2, 0.25) is 0 Å². The first-order chi connectivity index (χ1) is 13.3. The summed E-state index contributed by atoms with van der Waals surface area (Å²) < 4.78 is 10.2. The first-order valence-electron chi connectivity index (χ1n) is 8.41. The van der Waals surface area contributed by atoms with Gasteiger partial charge >= 0.3 is 12.0 Å². The van der Waals surface area contributed by atoms with E-state index in [9.17, 15) is 14.4 Å². The minimum atomic E-state index is -0.740. The zero-order chi connectivity index (χ0) is 20.7. The maximum Gasteiger partial charge on any atom is 0.342 e. The SMILES string of the molecule is COc1cc(SC)ccc1C(=O)OCC(=O)NC(=O)Nc1ccc(C)cc1C. The quantitative estimate of drug-likeness (QED) is 0.567. The number of urea groups is 1. The molecule has 0 unspecified atom stereocenters. The standard InChI is InChI=1S/C20H22N2O5S/c1-12-5-8-16(13(2)9-12)21-20(25)22-18(23)11-27-19(24)15-7-6-14(28-4)10-17(15)26-3/h5-10H,11H2,1-4H3,(H2,21,22,23,25). The minimum Gasteiger partial charge on any atom is -0.496 e. The fraction of sp³-hybridized carbons (Fsp3) is 0.250. The third kappa shape index (κ3) is 5.75. The molecule has 2 rings (SSSR count). The Morgan fingerprint density at radius 1 is 1.07 bits per heavy atom. The van der Waals surface area contributed by atoms with E-state index in [1.165, 1.54) is 18.9 Å². The molecule has 0 fully saturated rings. The molecule has 0 bridgehead atoms. The molecule has 0 saturated heterocycles. The number of aryl methyl sites for hydroxylation is 2. The number of hydrogen-bond donors (Lipinski definition) is 2. The molecule has 2 N–H and O–H groups in total. The fourth-order valence-corrected chi connectivity index (χ4v) is 2.88. The van der Waals surface area contributed by atoms with Crippen molar-refractivity contribution in [1.82, 2.24) is 5.32 Å². The summed E-state index contributed by atoms with van der Waals surface area (Å²) >= 11 is 1.51. The number of thioether (sulfide) groups is 1. The van der Waals surface area contributed by atoms with E-state index in [4.69, 9.17) is 9.47 Å². The number of rotatable bonds is 6. The highest BCUT2D eigenvalue weighted by atomic mass is 32.2. The van der Waals surface area contributed by atoms with Crippen LogP contribution in [0.25, 0.3) is 0 Å². The summed E-state index contributed by atoms with van der Waals surface area (Å²) in [5.74, 6) is -1.10. The topological polar surface area (TPSA) is 93.7 Å². The van der Waals surface area contributed by atoms with Crippen molar-refractivity contribution in [3.05, 3.63) is 53.1 Å². The molecule has 2 aromatic rings. The normalized spacial score (nSPS) is 10.1. The average Bonchev–Trinajstić information content (AvgIpc) is 2.67. The summed E-state index contributed by atoms with van der Waals surface area (Å²) in [7, 11) is 1.44. The van der Waals surface area contributed by atoms with E-state index in [0.29, 0.717) is 11.4 Å². The Kier molecular flexibility index (Phi) is 7.45. The third-order valence-corrected chi connectivity index (χ3v) is 4.57. The highest BCUT2D eigenvalue weighted by molar-refractivity contribution is 7.98. The molecule has 8 heteroatoms. The van der Waals surface area contributed by atoms with E-state index in [1.807, 2.05) is 32.2 Å². The summed E-state index contributed by atoms with van der Waals surface area (Å²) in [6.45, 7) is 3.20. The molecule has 0 saturated carbocycles. The lowest BCUT2D eigenvalue weighted by atomic mass is 10.1. The second-order valence-corrected chi connectivity index (χ2v) is 6.84. The maximum atomic E-state index is 12.2. The average molecular weight is 402 g/mol. The number of hydrogen-bond acceptors (Lipinski definition) is 6. The molecule has 0 heterocycles. The van der Waals surface area contributed by atoms with E-state index in [0.717, 1.165) is 16.0 Å². The van der Waals surface area contributed by atoms with Crippen molar-refractivity contribution in [2.24, 2.45) is 0 Å². The molecule has 28 heavy (non-hydrogen) atoms. The van der Waals surface area contributed by atoms with Gasteiger partial charge in [0.1, 0.15) is 11.3 Å². The zero-order valence-electron chi connectivity index (χ0n) is 16.1. The Morgan fingerprint density at radius 3 is 2.46 bits per heavy atom. The molecule has 0 atom stereocenters. The van der Waals surface area contributed by atoms with Gasteiger partial charge in [0, 0.05) is 10.6 Å². The number of anilines is 1. The zero-order valence-corrected chi connectivity index (χ0v) is 16.9. The molecule has 2 aromatic carbocycles. The number of ether oxygens (including phenoxy) is 2.